The summed E-state index contributed by atoms with van der Waals surface area (Å²) in [6.07, 6.45) is -1.66. The molecule has 44 heavy (non-hydrogen) atoms. The number of nitrogens with zero attached hydrogens (tertiary/aromatic N) is 1. The van der Waals surface area contributed by atoms with Crippen molar-refractivity contribution in [3.05, 3.63) is 143 Å². The number of amides is 1. The SMILES string of the molecule is C[C@H]1[C@@H](CN(C)[C@H](C)[C@@H](O)c2ccccc2)O[C@@H](c2ccc(CNC(=O)c3ccccc3)cc2)O[C@H]1c1ccc(CO)cc1. The molecule has 7 nitrogen and oxygen atoms in total. The maximum Gasteiger partial charge on any atom is 0.251 e. The van der Waals surface area contributed by atoms with Crippen molar-refractivity contribution in [2.45, 2.75) is 57.6 Å². The van der Waals surface area contributed by atoms with Gasteiger partial charge in [-0.25, -0.2) is 0 Å². The molecular formula is C37H42N2O5. The smallest absolute Gasteiger partial charge is 0.251 e. The van der Waals surface area contributed by atoms with Crippen molar-refractivity contribution in [2.75, 3.05) is 13.6 Å². The lowest BCUT2D eigenvalue weighted by Gasteiger charge is -2.43. The topological polar surface area (TPSA) is 91.3 Å². The summed E-state index contributed by atoms with van der Waals surface area (Å²) >= 11 is 0. The number of aliphatic hydroxyl groups is 2. The van der Waals surface area contributed by atoms with E-state index in [0.29, 0.717) is 18.7 Å². The second-order valence-corrected chi connectivity index (χ2v) is 11.6. The van der Waals surface area contributed by atoms with Crippen LogP contribution in [0.3, 0.4) is 0 Å². The molecule has 6 atom stereocenters. The quantitative estimate of drug-likeness (QED) is 0.199. The number of aliphatic hydroxyl groups excluding tert-OH is 2. The lowest BCUT2D eigenvalue weighted by molar-refractivity contribution is -0.276. The van der Waals surface area contributed by atoms with Gasteiger partial charge in [0.25, 0.3) is 5.91 Å². The average molecular weight is 595 g/mol. The number of nitrogens with one attached hydrogen (secondary N) is 1. The summed E-state index contributed by atoms with van der Waals surface area (Å²) in [5.74, 6) is -0.0986. The molecule has 1 amide bonds. The van der Waals surface area contributed by atoms with E-state index >= 15 is 0 Å². The van der Waals surface area contributed by atoms with Gasteiger partial charge in [0.15, 0.2) is 6.29 Å². The van der Waals surface area contributed by atoms with Gasteiger partial charge in [-0.1, -0.05) is 104 Å². The van der Waals surface area contributed by atoms with Crippen molar-refractivity contribution in [2.24, 2.45) is 5.92 Å². The molecule has 7 heteroatoms. The second kappa shape index (κ2) is 14.8. The normalized spacial score (nSPS) is 21.5. The van der Waals surface area contributed by atoms with Crippen LogP contribution in [0.1, 0.15) is 70.5 Å². The van der Waals surface area contributed by atoms with Crippen LogP contribution >= 0.6 is 0 Å². The Labute approximate surface area is 260 Å². The molecule has 4 aromatic rings. The lowest BCUT2D eigenvalue weighted by Crippen LogP contribution is -2.46. The van der Waals surface area contributed by atoms with Crippen LogP contribution in [0.4, 0.5) is 0 Å². The maximum atomic E-state index is 12.5. The highest BCUT2D eigenvalue weighted by atomic mass is 16.7. The van der Waals surface area contributed by atoms with E-state index in [4.69, 9.17) is 9.47 Å². The third kappa shape index (κ3) is 7.62. The van der Waals surface area contributed by atoms with E-state index in [9.17, 15) is 15.0 Å². The summed E-state index contributed by atoms with van der Waals surface area (Å²) in [6.45, 7) is 5.16. The van der Waals surface area contributed by atoms with E-state index in [-0.39, 0.29) is 36.7 Å². The number of hydrogen-bond acceptors (Lipinski definition) is 6. The second-order valence-electron chi connectivity index (χ2n) is 11.6. The van der Waals surface area contributed by atoms with Gasteiger partial charge < -0.3 is 25.0 Å². The van der Waals surface area contributed by atoms with Crippen molar-refractivity contribution in [1.29, 1.82) is 0 Å². The van der Waals surface area contributed by atoms with Crippen molar-refractivity contribution in [3.8, 4) is 0 Å². The molecule has 1 aliphatic rings. The summed E-state index contributed by atoms with van der Waals surface area (Å²) in [4.78, 5) is 14.6. The van der Waals surface area contributed by atoms with Gasteiger partial charge in [0.1, 0.15) is 0 Å². The number of benzene rings is 4. The van der Waals surface area contributed by atoms with Crippen LogP contribution in [-0.4, -0.2) is 46.8 Å². The molecule has 0 aliphatic carbocycles. The van der Waals surface area contributed by atoms with Gasteiger partial charge in [0, 0.05) is 36.2 Å². The molecule has 4 aromatic carbocycles. The first-order chi connectivity index (χ1) is 21.3. The molecule has 1 aliphatic heterocycles. The fourth-order valence-electron chi connectivity index (χ4n) is 5.61. The number of carbonyl (C=O) groups excluding carboxylic acids is 1. The first kappa shape index (κ1) is 31.6. The van der Waals surface area contributed by atoms with E-state index in [0.717, 1.165) is 27.8 Å². The van der Waals surface area contributed by atoms with Crippen molar-refractivity contribution in [3.63, 3.8) is 0 Å². The summed E-state index contributed by atoms with van der Waals surface area (Å²) in [5, 5.41) is 23.6. The Morgan fingerprint density at radius 1 is 0.841 bits per heavy atom. The number of carbonyl (C=O) groups is 1. The zero-order valence-corrected chi connectivity index (χ0v) is 25.5. The Morgan fingerprint density at radius 2 is 1.43 bits per heavy atom. The highest BCUT2D eigenvalue weighted by Gasteiger charge is 2.39. The third-order valence-electron chi connectivity index (χ3n) is 8.63. The molecule has 0 bridgehead atoms. The molecule has 0 unspecified atom stereocenters. The Bertz CT molecular complexity index is 1460. The molecule has 1 heterocycles. The van der Waals surface area contributed by atoms with Crippen LogP contribution in [0.15, 0.2) is 109 Å². The summed E-state index contributed by atoms with van der Waals surface area (Å²) in [7, 11) is 2.01. The van der Waals surface area contributed by atoms with Gasteiger partial charge in [0.05, 0.1) is 24.9 Å². The Balaban J connectivity index is 1.31. The van der Waals surface area contributed by atoms with Crippen LogP contribution in [0, 0.1) is 5.92 Å². The largest absolute Gasteiger partial charge is 0.392 e. The Morgan fingerprint density at radius 3 is 2.07 bits per heavy atom. The van der Waals surface area contributed by atoms with Crippen molar-refractivity contribution >= 4 is 5.91 Å². The molecule has 0 aromatic heterocycles. The predicted octanol–water partition coefficient (Wildman–Crippen LogP) is 5.95. The number of hydrogen-bond donors (Lipinski definition) is 3. The van der Waals surface area contributed by atoms with E-state index < -0.39 is 12.4 Å². The number of rotatable bonds is 11. The molecule has 5 rings (SSSR count). The first-order valence-electron chi connectivity index (χ1n) is 15.2. The minimum Gasteiger partial charge on any atom is -0.392 e. The van der Waals surface area contributed by atoms with E-state index in [2.05, 4.69) is 17.1 Å². The van der Waals surface area contributed by atoms with Gasteiger partial charge in [-0.2, -0.15) is 0 Å². The highest BCUT2D eigenvalue weighted by molar-refractivity contribution is 5.94. The van der Waals surface area contributed by atoms with Crippen LogP contribution < -0.4 is 5.32 Å². The van der Waals surface area contributed by atoms with Crippen LogP contribution in [-0.2, 0) is 22.6 Å². The monoisotopic (exact) mass is 594 g/mol. The minimum absolute atomic E-state index is 0.0136. The molecule has 1 saturated heterocycles. The van der Waals surface area contributed by atoms with Crippen LogP contribution in [0.2, 0.25) is 0 Å². The van der Waals surface area contributed by atoms with Crippen molar-refractivity contribution < 1.29 is 24.5 Å². The molecule has 0 spiro atoms. The molecule has 1 fully saturated rings. The highest BCUT2D eigenvalue weighted by Crippen LogP contribution is 2.42. The fourth-order valence-corrected chi connectivity index (χ4v) is 5.61. The summed E-state index contributed by atoms with van der Waals surface area (Å²) in [5.41, 5.74) is 5.23. The van der Waals surface area contributed by atoms with Gasteiger partial charge in [-0.15, -0.1) is 0 Å². The van der Waals surface area contributed by atoms with E-state index in [1.807, 2.05) is 111 Å². The zero-order chi connectivity index (χ0) is 31.1. The number of likely N-dealkylation sites (N-methyl/N-ethyl adjacent to an activating group) is 1. The van der Waals surface area contributed by atoms with Gasteiger partial charge in [-0.05, 0) is 48.4 Å². The first-order valence-corrected chi connectivity index (χ1v) is 15.2. The average Bonchev–Trinajstić information content (AvgIpc) is 3.08. The zero-order valence-electron chi connectivity index (χ0n) is 25.5. The third-order valence-corrected chi connectivity index (χ3v) is 8.63. The predicted molar refractivity (Wildman–Crippen MR) is 171 cm³/mol. The molecule has 0 saturated carbocycles. The van der Waals surface area contributed by atoms with Crippen LogP contribution in [0.25, 0.3) is 0 Å². The van der Waals surface area contributed by atoms with Gasteiger partial charge >= 0.3 is 0 Å². The molecule has 3 N–H and O–H groups in total. The summed E-state index contributed by atoms with van der Waals surface area (Å²) in [6, 6.07) is 34.6. The number of ether oxygens (including phenoxy) is 2. The summed E-state index contributed by atoms with van der Waals surface area (Å²) < 4.78 is 13.2. The van der Waals surface area contributed by atoms with Gasteiger partial charge in [-0.3, -0.25) is 9.69 Å². The molecule has 230 valence electrons. The lowest BCUT2D eigenvalue weighted by atomic mass is 9.89. The molecular weight excluding hydrogens is 552 g/mol. The van der Waals surface area contributed by atoms with Crippen LogP contribution in [0.5, 0.6) is 0 Å². The van der Waals surface area contributed by atoms with Crippen molar-refractivity contribution in [1.82, 2.24) is 10.2 Å². The Kier molecular flexibility index (Phi) is 10.6. The van der Waals surface area contributed by atoms with Gasteiger partial charge in [0.2, 0.25) is 0 Å². The Hall–Kier alpha value is -3.85. The molecule has 0 radical (unpaired) electrons. The van der Waals surface area contributed by atoms with E-state index in [1.54, 1.807) is 12.1 Å². The maximum absolute atomic E-state index is 12.5. The van der Waals surface area contributed by atoms with E-state index in [1.165, 1.54) is 0 Å². The minimum atomic E-state index is -0.635. The fraction of sp³-hybridized carbons (Fsp3) is 0.324. The standard InChI is InChI=1S/C37H42N2O5/c1-25-33(23-39(3)26(2)34(41)29-10-6-4-7-11-29)43-37(44-35(25)30-18-16-28(24-40)17-19-30)32-20-14-27(15-21-32)22-38-36(42)31-12-8-5-9-13-31/h4-21,25-26,33-35,37,40-41H,22-24H2,1-3H3,(H,38,42)/t25-,26+,33+,34+,35+,37+/m0/s1.